The Kier molecular flexibility index (Phi) is 3.78. The molecule has 1 aliphatic carbocycles. The Hall–Kier alpha value is -1.98. The summed E-state index contributed by atoms with van der Waals surface area (Å²) in [5.74, 6) is -2.22. The van der Waals surface area contributed by atoms with Gasteiger partial charge in [0.05, 0.1) is 17.2 Å². The van der Waals surface area contributed by atoms with Gasteiger partial charge in [0.15, 0.2) is 5.82 Å². The minimum Gasteiger partial charge on any atom is -0.481 e. The minimum atomic E-state index is -0.904. The van der Waals surface area contributed by atoms with Crippen LogP contribution in [0.4, 0.5) is 4.39 Å². The van der Waals surface area contributed by atoms with E-state index in [4.69, 9.17) is 0 Å². The summed E-state index contributed by atoms with van der Waals surface area (Å²) in [6, 6.07) is 1.27. The first-order chi connectivity index (χ1) is 9.05. The quantitative estimate of drug-likeness (QED) is 0.867. The lowest BCUT2D eigenvalue weighted by Gasteiger charge is -2.23. The van der Waals surface area contributed by atoms with E-state index in [9.17, 15) is 19.1 Å². The monoisotopic (exact) mass is 266 g/mol. The fourth-order valence-electron chi connectivity index (χ4n) is 2.42. The first-order valence-electron chi connectivity index (χ1n) is 6.16. The SMILES string of the molecule is O=C(NCC1(C(=O)O)CCCC1)c1ccncc1F. The van der Waals surface area contributed by atoms with Crippen LogP contribution >= 0.6 is 0 Å². The number of carboxylic acids is 1. The number of nitrogens with zero attached hydrogens (tertiary/aromatic N) is 1. The van der Waals surface area contributed by atoms with Gasteiger partial charge < -0.3 is 10.4 Å². The fourth-order valence-corrected chi connectivity index (χ4v) is 2.42. The highest BCUT2D eigenvalue weighted by atomic mass is 19.1. The van der Waals surface area contributed by atoms with Crippen LogP contribution in [0.1, 0.15) is 36.0 Å². The van der Waals surface area contributed by atoms with Crippen molar-refractivity contribution >= 4 is 11.9 Å². The first kappa shape index (κ1) is 13.5. The van der Waals surface area contributed by atoms with E-state index < -0.39 is 23.1 Å². The highest BCUT2D eigenvalue weighted by Gasteiger charge is 2.41. The van der Waals surface area contributed by atoms with E-state index in [1.54, 1.807) is 0 Å². The summed E-state index contributed by atoms with van der Waals surface area (Å²) in [7, 11) is 0. The lowest BCUT2D eigenvalue weighted by Crippen LogP contribution is -2.41. The van der Waals surface area contributed by atoms with E-state index in [1.807, 2.05) is 0 Å². The van der Waals surface area contributed by atoms with E-state index in [2.05, 4.69) is 10.3 Å². The van der Waals surface area contributed by atoms with Crippen LogP contribution in [0.25, 0.3) is 0 Å². The summed E-state index contributed by atoms with van der Waals surface area (Å²) < 4.78 is 13.4. The Morgan fingerprint density at radius 2 is 2.11 bits per heavy atom. The fraction of sp³-hybridized carbons (Fsp3) is 0.462. The second-order valence-electron chi connectivity index (χ2n) is 4.83. The van der Waals surface area contributed by atoms with Gasteiger partial charge in [0.1, 0.15) is 0 Å². The number of aliphatic carboxylic acids is 1. The molecule has 0 unspecified atom stereocenters. The van der Waals surface area contributed by atoms with E-state index in [-0.39, 0.29) is 12.1 Å². The number of rotatable bonds is 4. The van der Waals surface area contributed by atoms with Gasteiger partial charge in [-0.25, -0.2) is 4.39 Å². The molecule has 0 saturated heterocycles. The van der Waals surface area contributed by atoms with E-state index in [0.717, 1.165) is 19.0 Å². The molecule has 2 N–H and O–H groups in total. The van der Waals surface area contributed by atoms with Gasteiger partial charge in [-0.2, -0.15) is 0 Å². The number of hydrogen-bond donors (Lipinski definition) is 2. The zero-order valence-corrected chi connectivity index (χ0v) is 10.4. The molecule has 1 fully saturated rings. The highest BCUT2D eigenvalue weighted by molar-refractivity contribution is 5.94. The summed E-state index contributed by atoms with van der Waals surface area (Å²) >= 11 is 0. The molecule has 1 heterocycles. The Morgan fingerprint density at radius 3 is 2.68 bits per heavy atom. The van der Waals surface area contributed by atoms with Crippen LogP contribution in [0.2, 0.25) is 0 Å². The van der Waals surface area contributed by atoms with Gasteiger partial charge in [-0.05, 0) is 18.9 Å². The van der Waals surface area contributed by atoms with Crippen molar-refractivity contribution in [3.8, 4) is 0 Å². The van der Waals surface area contributed by atoms with Crippen molar-refractivity contribution in [1.29, 1.82) is 0 Å². The number of carbonyl (C=O) groups is 2. The van der Waals surface area contributed by atoms with Gasteiger partial charge in [0.2, 0.25) is 0 Å². The third-order valence-corrected chi connectivity index (χ3v) is 3.62. The molecule has 1 aromatic rings. The van der Waals surface area contributed by atoms with Crippen LogP contribution in [-0.2, 0) is 4.79 Å². The topological polar surface area (TPSA) is 79.3 Å². The molecule has 0 spiro atoms. The molecule has 0 radical (unpaired) electrons. The number of halogens is 1. The van der Waals surface area contributed by atoms with Gasteiger partial charge in [-0.3, -0.25) is 14.6 Å². The number of aromatic nitrogens is 1. The molecule has 5 nitrogen and oxygen atoms in total. The van der Waals surface area contributed by atoms with Crippen LogP contribution in [0.5, 0.6) is 0 Å². The predicted molar refractivity (Wildman–Crippen MR) is 65.1 cm³/mol. The van der Waals surface area contributed by atoms with Crippen molar-refractivity contribution < 1.29 is 19.1 Å². The molecular formula is C13H15FN2O3. The van der Waals surface area contributed by atoms with Crippen LogP contribution in [0.3, 0.4) is 0 Å². The molecule has 0 atom stereocenters. The van der Waals surface area contributed by atoms with Crippen molar-refractivity contribution in [3.63, 3.8) is 0 Å². The zero-order valence-electron chi connectivity index (χ0n) is 10.4. The third-order valence-electron chi connectivity index (χ3n) is 3.62. The van der Waals surface area contributed by atoms with Gasteiger partial charge in [-0.15, -0.1) is 0 Å². The average molecular weight is 266 g/mol. The maximum Gasteiger partial charge on any atom is 0.311 e. The minimum absolute atomic E-state index is 0.0307. The largest absolute Gasteiger partial charge is 0.481 e. The molecule has 0 aliphatic heterocycles. The number of pyridine rings is 1. The summed E-state index contributed by atoms with van der Waals surface area (Å²) in [4.78, 5) is 26.7. The van der Waals surface area contributed by atoms with E-state index >= 15 is 0 Å². The second-order valence-corrected chi connectivity index (χ2v) is 4.83. The van der Waals surface area contributed by atoms with Crippen molar-refractivity contribution in [1.82, 2.24) is 10.3 Å². The normalized spacial score (nSPS) is 17.1. The van der Waals surface area contributed by atoms with Crippen LogP contribution < -0.4 is 5.32 Å². The average Bonchev–Trinajstić information content (AvgIpc) is 2.86. The Morgan fingerprint density at radius 1 is 1.42 bits per heavy atom. The summed E-state index contributed by atoms with van der Waals surface area (Å²) in [6.45, 7) is 0.0307. The van der Waals surface area contributed by atoms with Crippen LogP contribution in [0.15, 0.2) is 18.5 Å². The van der Waals surface area contributed by atoms with Crippen molar-refractivity contribution in [2.24, 2.45) is 5.41 Å². The van der Waals surface area contributed by atoms with E-state index in [1.165, 1.54) is 12.3 Å². The van der Waals surface area contributed by atoms with Gasteiger partial charge in [0.25, 0.3) is 5.91 Å². The molecule has 1 amide bonds. The molecule has 6 heteroatoms. The predicted octanol–water partition coefficient (Wildman–Crippen LogP) is 1.60. The lowest BCUT2D eigenvalue weighted by atomic mass is 9.86. The first-order valence-corrected chi connectivity index (χ1v) is 6.16. The molecule has 102 valence electrons. The molecular weight excluding hydrogens is 251 g/mol. The lowest BCUT2D eigenvalue weighted by molar-refractivity contribution is -0.148. The Bertz CT molecular complexity index is 498. The molecule has 2 rings (SSSR count). The van der Waals surface area contributed by atoms with Gasteiger partial charge in [0, 0.05) is 12.7 Å². The van der Waals surface area contributed by atoms with Crippen molar-refractivity contribution in [3.05, 3.63) is 29.8 Å². The summed E-state index contributed by atoms with van der Waals surface area (Å²) in [6.07, 6.45) is 5.04. The van der Waals surface area contributed by atoms with E-state index in [0.29, 0.717) is 12.8 Å². The smallest absolute Gasteiger partial charge is 0.311 e. The second kappa shape index (κ2) is 5.34. The van der Waals surface area contributed by atoms with Crippen LogP contribution in [-0.4, -0.2) is 28.5 Å². The van der Waals surface area contributed by atoms with Gasteiger partial charge >= 0.3 is 5.97 Å². The standard InChI is InChI=1S/C13H15FN2O3/c14-10-7-15-6-3-9(10)11(17)16-8-13(12(18)19)4-1-2-5-13/h3,6-7H,1-2,4-5,8H2,(H,16,17)(H,18,19). The number of carboxylic acid groups (broad SMARTS) is 1. The molecule has 0 bridgehead atoms. The summed E-state index contributed by atoms with van der Waals surface area (Å²) in [5.41, 5.74) is -1.02. The maximum atomic E-state index is 13.4. The highest BCUT2D eigenvalue weighted by Crippen LogP contribution is 2.37. The summed E-state index contributed by atoms with van der Waals surface area (Å²) in [5, 5.41) is 11.8. The molecule has 1 aromatic heterocycles. The number of nitrogens with one attached hydrogen (secondary N) is 1. The molecule has 0 aromatic carbocycles. The Labute approximate surface area is 109 Å². The molecule has 1 saturated carbocycles. The number of hydrogen-bond acceptors (Lipinski definition) is 3. The number of amides is 1. The maximum absolute atomic E-state index is 13.4. The van der Waals surface area contributed by atoms with Crippen LogP contribution in [0, 0.1) is 11.2 Å². The molecule has 1 aliphatic rings. The van der Waals surface area contributed by atoms with Crippen molar-refractivity contribution in [2.45, 2.75) is 25.7 Å². The zero-order chi connectivity index (χ0) is 13.9. The Balaban J connectivity index is 2.04. The van der Waals surface area contributed by atoms with Crippen molar-refractivity contribution in [2.75, 3.05) is 6.54 Å². The number of carbonyl (C=O) groups excluding carboxylic acids is 1. The third kappa shape index (κ3) is 2.72. The van der Waals surface area contributed by atoms with Gasteiger partial charge in [-0.1, -0.05) is 12.8 Å². The molecule has 19 heavy (non-hydrogen) atoms.